The molecular formula is C12H9F3N2O2S. The molecule has 2 aromatic rings. The number of halogens is 3. The fraction of sp³-hybridized carbons (Fsp3) is 0.167. The number of anilines is 1. The number of hydrogen-bond donors (Lipinski definition) is 1. The van der Waals surface area contributed by atoms with Crippen molar-refractivity contribution in [1.82, 2.24) is 4.98 Å². The van der Waals surface area contributed by atoms with Gasteiger partial charge in [-0.25, -0.2) is 4.98 Å². The van der Waals surface area contributed by atoms with Gasteiger partial charge in [0.25, 0.3) is 11.1 Å². The largest absolute Gasteiger partial charge is 0.473 e. The molecule has 0 bridgehead atoms. The Morgan fingerprint density at radius 1 is 1.30 bits per heavy atom. The van der Waals surface area contributed by atoms with Crippen LogP contribution in [-0.2, 0) is 6.18 Å². The summed E-state index contributed by atoms with van der Waals surface area (Å²) in [5.74, 6) is -0.453. The number of alkyl halides is 3. The SMILES string of the molecule is COc1ncc(C(=O)Nc2ccc(C(F)(F)F)cc2)s1. The molecule has 0 aliphatic carbocycles. The number of rotatable bonds is 3. The number of thiazole rings is 1. The Balaban J connectivity index is 2.08. The zero-order chi connectivity index (χ0) is 14.8. The van der Waals surface area contributed by atoms with Crippen molar-refractivity contribution in [1.29, 1.82) is 0 Å². The Labute approximate surface area is 116 Å². The number of carbonyl (C=O) groups is 1. The molecule has 0 atom stereocenters. The lowest BCUT2D eigenvalue weighted by Gasteiger charge is -2.08. The zero-order valence-electron chi connectivity index (χ0n) is 10.2. The molecule has 0 fully saturated rings. The van der Waals surface area contributed by atoms with E-state index in [2.05, 4.69) is 10.3 Å². The van der Waals surface area contributed by atoms with E-state index in [0.29, 0.717) is 10.1 Å². The van der Waals surface area contributed by atoms with Gasteiger partial charge < -0.3 is 10.1 Å². The second kappa shape index (κ2) is 5.49. The molecule has 0 aliphatic rings. The predicted octanol–water partition coefficient (Wildman–Crippen LogP) is 3.42. The van der Waals surface area contributed by atoms with Crippen LogP contribution in [0.3, 0.4) is 0 Å². The van der Waals surface area contributed by atoms with E-state index in [-0.39, 0.29) is 5.69 Å². The standard InChI is InChI=1S/C12H9F3N2O2S/c1-19-11-16-6-9(20-11)10(18)17-8-4-2-7(3-5-8)12(13,14)15/h2-6H,1H3,(H,17,18). The second-order valence-corrected chi connectivity index (χ2v) is 4.72. The number of hydrogen-bond acceptors (Lipinski definition) is 4. The average molecular weight is 302 g/mol. The van der Waals surface area contributed by atoms with Crippen LogP contribution in [0.25, 0.3) is 0 Å². The van der Waals surface area contributed by atoms with Crippen LogP contribution in [0.15, 0.2) is 30.5 Å². The van der Waals surface area contributed by atoms with Gasteiger partial charge in [-0.15, -0.1) is 0 Å². The summed E-state index contributed by atoms with van der Waals surface area (Å²) in [6.07, 6.45) is -3.06. The van der Waals surface area contributed by atoms with E-state index in [1.165, 1.54) is 25.4 Å². The molecule has 1 N–H and O–H groups in total. The van der Waals surface area contributed by atoms with Crippen molar-refractivity contribution in [2.45, 2.75) is 6.18 Å². The molecule has 0 radical (unpaired) electrons. The lowest BCUT2D eigenvalue weighted by atomic mass is 10.2. The van der Waals surface area contributed by atoms with Crippen molar-refractivity contribution < 1.29 is 22.7 Å². The quantitative estimate of drug-likeness (QED) is 0.945. The molecule has 8 heteroatoms. The van der Waals surface area contributed by atoms with Gasteiger partial charge in [-0.2, -0.15) is 13.2 Å². The Morgan fingerprint density at radius 2 is 1.95 bits per heavy atom. The summed E-state index contributed by atoms with van der Waals surface area (Å²) in [6.45, 7) is 0. The van der Waals surface area contributed by atoms with E-state index in [4.69, 9.17) is 4.74 Å². The Bertz CT molecular complexity index is 608. The maximum absolute atomic E-state index is 12.4. The average Bonchev–Trinajstić information content (AvgIpc) is 2.87. The van der Waals surface area contributed by atoms with Gasteiger partial charge in [-0.3, -0.25) is 4.79 Å². The third kappa shape index (κ3) is 3.27. The number of amides is 1. The van der Waals surface area contributed by atoms with Crippen LogP contribution < -0.4 is 10.1 Å². The van der Waals surface area contributed by atoms with Gasteiger partial charge in [0.1, 0.15) is 4.88 Å². The van der Waals surface area contributed by atoms with Crippen molar-refractivity contribution in [3.8, 4) is 5.19 Å². The summed E-state index contributed by atoms with van der Waals surface area (Å²) >= 11 is 1.04. The van der Waals surface area contributed by atoms with E-state index in [9.17, 15) is 18.0 Å². The molecule has 20 heavy (non-hydrogen) atoms. The highest BCUT2D eigenvalue weighted by Crippen LogP contribution is 2.30. The maximum atomic E-state index is 12.4. The van der Waals surface area contributed by atoms with Gasteiger partial charge in [-0.05, 0) is 24.3 Å². The summed E-state index contributed by atoms with van der Waals surface area (Å²) < 4.78 is 42.0. The van der Waals surface area contributed by atoms with Crippen LogP contribution in [0.5, 0.6) is 5.19 Å². The van der Waals surface area contributed by atoms with E-state index in [1.807, 2.05) is 0 Å². The van der Waals surface area contributed by atoms with Gasteiger partial charge in [0.2, 0.25) is 0 Å². The minimum atomic E-state index is -4.40. The number of methoxy groups -OCH3 is 1. The Hall–Kier alpha value is -2.09. The van der Waals surface area contributed by atoms with Crippen molar-refractivity contribution in [2.75, 3.05) is 12.4 Å². The molecule has 0 unspecified atom stereocenters. The van der Waals surface area contributed by atoms with Crippen molar-refractivity contribution in [3.05, 3.63) is 40.9 Å². The summed E-state index contributed by atoms with van der Waals surface area (Å²) in [6, 6.07) is 4.20. The van der Waals surface area contributed by atoms with Gasteiger partial charge in [0, 0.05) is 5.69 Å². The lowest BCUT2D eigenvalue weighted by Crippen LogP contribution is -2.11. The molecule has 1 aromatic heterocycles. The van der Waals surface area contributed by atoms with E-state index >= 15 is 0 Å². The molecular weight excluding hydrogens is 293 g/mol. The Kier molecular flexibility index (Phi) is 3.93. The van der Waals surface area contributed by atoms with Crippen LogP contribution in [0.4, 0.5) is 18.9 Å². The molecule has 0 aliphatic heterocycles. The number of ether oxygens (including phenoxy) is 1. The third-order valence-electron chi connectivity index (χ3n) is 2.35. The van der Waals surface area contributed by atoms with E-state index in [1.54, 1.807) is 0 Å². The molecule has 0 spiro atoms. The minimum Gasteiger partial charge on any atom is -0.473 e. The number of nitrogens with one attached hydrogen (secondary N) is 1. The minimum absolute atomic E-state index is 0.273. The van der Waals surface area contributed by atoms with Crippen LogP contribution in [-0.4, -0.2) is 18.0 Å². The molecule has 1 amide bonds. The number of benzene rings is 1. The number of nitrogens with zero attached hydrogens (tertiary/aromatic N) is 1. The Morgan fingerprint density at radius 3 is 2.45 bits per heavy atom. The highest BCUT2D eigenvalue weighted by molar-refractivity contribution is 7.15. The first kappa shape index (κ1) is 14.3. The normalized spacial score (nSPS) is 11.2. The van der Waals surface area contributed by atoms with Crippen LogP contribution in [0.2, 0.25) is 0 Å². The lowest BCUT2D eigenvalue weighted by molar-refractivity contribution is -0.137. The smallest absolute Gasteiger partial charge is 0.416 e. The van der Waals surface area contributed by atoms with Gasteiger partial charge in [0.05, 0.1) is 18.9 Å². The monoisotopic (exact) mass is 302 g/mol. The van der Waals surface area contributed by atoms with E-state index in [0.717, 1.165) is 23.5 Å². The zero-order valence-corrected chi connectivity index (χ0v) is 11.0. The molecule has 2 rings (SSSR count). The van der Waals surface area contributed by atoms with Gasteiger partial charge in [-0.1, -0.05) is 11.3 Å². The van der Waals surface area contributed by atoms with Crippen molar-refractivity contribution in [3.63, 3.8) is 0 Å². The van der Waals surface area contributed by atoms with Crippen molar-refractivity contribution in [2.24, 2.45) is 0 Å². The predicted molar refractivity (Wildman–Crippen MR) is 68.1 cm³/mol. The summed E-state index contributed by atoms with van der Waals surface area (Å²) in [5.41, 5.74) is -0.495. The van der Waals surface area contributed by atoms with Crippen molar-refractivity contribution >= 4 is 22.9 Å². The fourth-order valence-corrected chi connectivity index (χ4v) is 2.02. The first-order valence-electron chi connectivity index (χ1n) is 5.38. The maximum Gasteiger partial charge on any atom is 0.416 e. The number of aromatic nitrogens is 1. The highest BCUT2D eigenvalue weighted by Gasteiger charge is 2.30. The molecule has 106 valence electrons. The number of carbonyl (C=O) groups excluding carboxylic acids is 1. The first-order valence-corrected chi connectivity index (χ1v) is 6.20. The summed E-state index contributed by atoms with van der Waals surface area (Å²) in [4.78, 5) is 15.9. The molecule has 1 heterocycles. The topological polar surface area (TPSA) is 51.2 Å². The van der Waals surface area contributed by atoms with Crippen LogP contribution in [0.1, 0.15) is 15.2 Å². The van der Waals surface area contributed by atoms with Crippen LogP contribution >= 0.6 is 11.3 Å². The third-order valence-corrected chi connectivity index (χ3v) is 3.31. The second-order valence-electron chi connectivity index (χ2n) is 3.72. The first-order chi connectivity index (χ1) is 9.40. The highest BCUT2D eigenvalue weighted by atomic mass is 32.1. The van der Waals surface area contributed by atoms with Gasteiger partial charge in [0.15, 0.2) is 0 Å². The fourth-order valence-electron chi connectivity index (χ4n) is 1.39. The summed E-state index contributed by atoms with van der Waals surface area (Å²) in [7, 11) is 1.43. The molecule has 0 saturated carbocycles. The molecule has 0 saturated heterocycles. The van der Waals surface area contributed by atoms with Crippen LogP contribution in [0, 0.1) is 0 Å². The van der Waals surface area contributed by atoms with E-state index < -0.39 is 17.6 Å². The van der Waals surface area contributed by atoms with Gasteiger partial charge >= 0.3 is 6.18 Å². The molecule has 4 nitrogen and oxygen atoms in total. The molecule has 1 aromatic carbocycles. The summed E-state index contributed by atoms with van der Waals surface area (Å²) in [5, 5.41) is 2.82.